The van der Waals surface area contributed by atoms with Crippen molar-refractivity contribution in [1.82, 2.24) is 20.9 Å². The Kier molecular flexibility index (Phi) is 9.79. The van der Waals surface area contributed by atoms with E-state index in [2.05, 4.69) is 16.0 Å². The normalized spacial score (nSPS) is 22.7. The highest BCUT2D eigenvalue weighted by atomic mass is 16.5. The number of fused-ring (bicyclic) bond motifs is 1. The van der Waals surface area contributed by atoms with Gasteiger partial charge in [0.2, 0.25) is 17.7 Å². The number of likely N-dealkylation sites (N-methyl/N-ethyl adjacent to an activating group) is 1. The van der Waals surface area contributed by atoms with E-state index in [0.717, 1.165) is 18.4 Å². The van der Waals surface area contributed by atoms with E-state index in [-0.39, 0.29) is 43.1 Å². The van der Waals surface area contributed by atoms with Gasteiger partial charge in [0.25, 0.3) is 0 Å². The van der Waals surface area contributed by atoms with E-state index >= 15 is 0 Å². The van der Waals surface area contributed by atoms with Crippen molar-refractivity contribution in [3.63, 3.8) is 0 Å². The highest BCUT2D eigenvalue weighted by molar-refractivity contribution is 5.97. The van der Waals surface area contributed by atoms with E-state index in [1.54, 1.807) is 56.4 Å². The van der Waals surface area contributed by atoms with Gasteiger partial charge in [-0.15, -0.1) is 0 Å². The molecule has 0 unspecified atom stereocenters. The molecule has 0 saturated heterocycles. The molecule has 2 aliphatic rings. The zero-order valence-electron chi connectivity index (χ0n) is 24.0. The largest absolute Gasteiger partial charge is 0.492 e. The van der Waals surface area contributed by atoms with Crippen LogP contribution in [0.1, 0.15) is 42.0 Å². The van der Waals surface area contributed by atoms with Gasteiger partial charge in [-0.1, -0.05) is 36.4 Å². The van der Waals surface area contributed by atoms with Crippen LogP contribution in [-0.4, -0.2) is 79.2 Å². The van der Waals surface area contributed by atoms with Gasteiger partial charge in [0, 0.05) is 43.2 Å². The average Bonchev–Trinajstić information content (AvgIpc) is 3.81. The van der Waals surface area contributed by atoms with Gasteiger partial charge in [-0.2, -0.15) is 0 Å². The van der Waals surface area contributed by atoms with E-state index in [4.69, 9.17) is 27.0 Å². The van der Waals surface area contributed by atoms with Crippen molar-refractivity contribution in [2.75, 3.05) is 26.7 Å². The number of benzene rings is 2. The molecule has 1 saturated carbocycles. The maximum atomic E-state index is 13.5. The number of nitrogens with two attached hydrogens (primary N) is 2. The van der Waals surface area contributed by atoms with Gasteiger partial charge >= 0.3 is 0 Å². The minimum atomic E-state index is -0.932. The number of ether oxygens (including phenoxy) is 1. The third-order valence-electron chi connectivity index (χ3n) is 7.83. The quantitative estimate of drug-likeness (QED) is 0.195. The van der Waals surface area contributed by atoms with Crippen LogP contribution in [0.2, 0.25) is 0 Å². The van der Waals surface area contributed by atoms with Crippen LogP contribution in [-0.2, 0) is 27.2 Å². The molecule has 9 N–H and O–H groups in total. The van der Waals surface area contributed by atoms with Gasteiger partial charge in [-0.05, 0) is 43.7 Å². The molecule has 12 heteroatoms. The van der Waals surface area contributed by atoms with Crippen molar-refractivity contribution in [2.45, 2.75) is 50.7 Å². The standard InChI is InChI=1S/C30H40N8O4/c1-17-28(39)37-23(16-18-6-8-20(9-7-18)26(31)32)29(40)36-13-12-21-22(27(33)34)4-3-5-24(21)42-15-14-35-25(19-10-11-19)30(41)38(17)2/h3-9,17,19,23,25,35H,10-16H2,1-2H3,(H3,31,32)(H3,33,34)(H,36,40)(H,37,39)/t17-,23-,25+/m1/s1. The first kappa shape index (κ1) is 30.5. The van der Waals surface area contributed by atoms with Crippen LogP contribution in [0.3, 0.4) is 0 Å². The fraction of sp³-hybridized carbons (Fsp3) is 0.433. The number of carbonyl (C=O) groups is 3. The molecule has 0 bridgehead atoms. The summed E-state index contributed by atoms with van der Waals surface area (Å²) >= 11 is 0. The molecule has 0 spiro atoms. The maximum absolute atomic E-state index is 13.5. The highest BCUT2D eigenvalue weighted by Gasteiger charge is 2.39. The fourth-order valence-electron chi connectivity index (χ4n) is 5.05. The second-order valence-corrected chi connectivity index (χ2v) is 10.9. The van der Waals surface area contributed by atoms with Crippen molar-refractivity contribution in [2.24, 2.45) is 17.4 Å². The van der Waals surface area contributed by atoms with E-state index in [0.29, 0.717) is 35.4 Å². The number of nitrogens with zero attached hydrogens (tertiary/aromatic N) is 1. The van der Waals surface area contributed by atoms with E-state index in [1.165, 1.54) is 4.90 Å². The summed E-state index contributed by atoms with van der Waals surface area (Å²) in [7, 11) is 1.60. The predicted molar refractivity (Wildman–Crippen MR) is 160 cm³/mol. The topological polar surface area (TPSA) is 200 Å². The first-order valence-electron chi connectivity index (χ1n) is 14.2. The molecule has 0 radical (unpaired) electrons. The van der Waals surface area contributed by atoms with Crippen LogP contribution in [0.25, 0.3) is 0 Å². The van der Waals surface area contributed by atoms with Crippen molar-refractivity contribution in [3.8, 4) is 5.75 Å². The van der Waals surface area contributed by atoms with Crippen molar-refractivity contribution in [1.29, 1.82) is 10.8 Å². The second kappa shape index (κ2) is 13.5. The molecule has 3 atom stereocenters. The van der Waals surface area contributed by atoms with Crippen molar-refractivity contribution < 1.29 is 19.1 Å². The molecule has 2 aromatic carbocycles. The lowest BCUT2D eigenvalue weighted by atomic mass is 10.0. The summed E-state index contributed by atoms with van der Waals surface area (Å²) < 4.78 is 6.06. The fourth-order valence-corrected chi connectivity index (χ4v) is 5.05. The summed E-state index contributed by atoms with van der Waals surface area (Å²) in [5.74, 6) is -0.472. The number of nitrogens with one attached hydrogen (secondary N) is 5. The molecule has 1 aliphatic carbocycles. The number of rotatable bonds is 5. The maximum Gasteiger partial charge on any atom is 0.243 e. The Balaban J connectivity index is 1.62. The zero-order valence-corrected chi connectivity index (χ0v) is 24.0. The van der Waals surface area contributed by atoms with E-state index < -0.39 is 29.9 Å². The molecule has 4 rings (SSSR count). The molecule has 2 aromatic rings. The summed E-state index contributed by atoms with van der Waals surface area (Å²) in [5.41, 5.74) is 13.9. The molecule has 3 amide bonds. The predicted octanol–water partition coefficient (Wildman–Crippen LogP) is 0.248. The van der Waals surface area contributed by atoms with Crippen molar-refractivity contribution >= 4 is 29.4 Å². The molecule has 42 heavy (non-hydrogen) atoms. The average molecular weight is 577 g/mol. The van der Waals surface area contributed by atoms with Gasteiger partial charge in [0.05, 0.1) is 6.04 Å². The van der Waals surface area contributed by atoms with Crippen LogP contribution in [0, 0.1) is 16.7 Å². The van der Waals surface area contributed by atoms with Crippen LogP contribution >= 0.6 is 0 Å². The molecular formula is C30H40N8O4. The SMILES string of the molecule is C[C@@H]1C(=O)N[C@H](Cc2ccc(C(=N)N)cc2)C(=O)NCCc2c(cccc2C(=N)N)OCCN[C@@H](C2CC2)C(=O)N1C. The first-order chi connectivity index (χ1) is 20.1. The van der Waals surface area contributed by atoms with Crippen molar-refractivity contribution in [3.05, 3.63) is 64.7 Å². The minimum Gasteiger partial charge on any atom is -0.492 e. The van der Waals surface area contributed by atoms with Gasteiger partial charge in [0.1, 0.15) is 36.1 Å². The molecule has 12 nitrogen and oxygen atoms in total. The number of amidine groups is 2. The Morgan fingerprint density at radius 1 is 1.00 bits per heavy atom. The lowest BCUT2D eigenvalue weighted by Crippen LogP contribution is -2.56. The molecule has 1 aliphatic heterocycles. The molecule has 1 fully saturated rings. The smallest absolute Gasteiger partial charge is 0.243 e. The summed E-state index contributed by atoms with van der Waals surface area (Å²) in [6, 6.07) is 10.00. The third kappa shape index (κ3) is 7.43. The molecule has 0 aromatic heterocycles. The monoisotopic (exact) mass is 576 g/mol. The second-order valence-electron chi connectivity index (χ2n) is 10.9. The summed E-state index contributed by atoms with van der Waals surface area (Å²) in [6.07, 6.45) is 2.38. The number of hydrogen-bond donors (Lipinski definition) is 7. The third-order valence-corrected chi connectivity index (χ3v) is 7.83. The Bertz CT molecular complexity index is 1340. The van der Waals surface area contributed by atoms with Gasteiger partial charge in [0.15, 0.2) is 0 Å². The van der Waals surface area contributed by atoms with Crippen LogP contribution in [0.15, 0.2) is 42.5 Å². The molecular weight excluding hydrogens is 536 g/mol. The Hall–Kier alpha value is -4.45. The first-order valence-corrected chi connectivity index (χ1v) is 14.2. The van der Waals surface area contributed by atoms with Crippen LogP contribution in [0.4, 0.5) is 0 Å². The van der Waals surface area contributed by atoms with Crippen LogP contribution < -0.4 is 32.2 Å². The molecule has 1 heterocycles. The summed E-state index contributed by atoms with van der Waals surface area (Å²) in [4.78, 5) is 41.7. The number of carbonyl (C=O) groups excluding carboxylic acids is 3. The van der Waals surface area contributed by atoms with Gasteiger partial charge < -0.3 is 37.1 Å². The Morgan fingerprint density at radius 2 is 1.71 bits per heavy atom. The number of hydrogen-bond acceptors (Lipinski definition) is 7. The lowest BCUT2D eigenvalue weighted by molar-refractivity contribution is -0.141. The van der Waals surface area contributed by atoms with Gasteiger partial charge in [-0.25, -0.2) is 0 Å². The van der Waals surface area contributed by atoms with E-state index in [9.17, 15) is 14.4 Å². The lowest BCUT2D eigenvalue weighted by Gasteiger charge is -2.30. The number of nitrogen functional groups attached to an aromatic ring is 2. The van der Waals surface area contributed by atoms with E-state index in [1.807, 2.05) is 0 Å². The zero-order chi connectivity index (χ0) is 30.4. The Morgan fingerprint density at radius 3 is 2.36 bits per heavy atom. The summed E-state index contributed by atoms with van der Waals surface area (Å²) in [5, 5.41) is 24.7. The molecule has 224 valence electrons. The number of amides is 3. The van der Waals surface area contributed by atoms with Gasteiger partial charge in [-0.3, -0.25) is 25.2 Å². The Labute approximate surface area is 245 Å². The highest BCUT2D eigenvalue weighted by Crippen LogP contribution is 2.33. The minimum absolute atomic E-state index is 0.0668. The van der Waals surface area contributed by atoms with Crippen LogP contribution in [0.5, 0.6) is 5.75 Å². The summed E-state index contributed by atoms with van der Waals surface area (Å²) in [6.45, 7) is 2.55.